The number of ether oxygens (including phenoxy) is 1. The molecule has 24 heavy (non-hydrogen) atoms. The molecule has 0 unspecified atom stereocenters. The van der Waals surface area contributed by atoms with Crippen LogP contribution in [-0.4, -0.2) is 21.3 Å². The zero-order chi connectivity index (χ0) is 17.7. The van der Waals surface area contributed by atoms with E-state index in [2.05, 4.69) is 38.3 Å². The number of hydrogen-bond donors (Lipinski definition) is 1. The topological polar surface area (TPSA) is 43.4 Å². The van der Waals surface area contributed by atoms with Gasteiger partial charge in [0.25, 0.3) is 0 Å². The monoisotopic (exact) mass is 360 g/mol. The summed E-state index contributed by atoms with van der Waals surface area (Å²) in [6.45, 7) is 4.81. The molecule has 2 aromatic carbocycles. The number of benzene rings is 2. The first-order valence-corrected chi connectivity index (χ1v) is 9.87. The molecule has 0 radical (unpaired) electrons. The van der Waals surface area contributed by atoms with Crippen LogP contribution in [0.5, 0.6) is 5.75 Å². The quantitative estimate of drug-likeness (QED) is 0.666. The van der Waals surface area contributed by atoms with Gasteiger partial charge >= 0.3 is 0 Å². The molecule has 3 nitrogen and oxygen atoms in total. The lowest BCUT2D eigenvalue weighted by atomic mass is 10.1. The maximum atomic E-state index is 11.4. The standard InChI is InChI=1S/C19H20O3S2/c1-14(2)13-22-17-10-16(11-18(23)12-17)5-4-15-6-8-19(9-7-15)24(3,20)21/h6-12,14,23H,13H2,1-3H3. The molecule has 0 bridgehead atoms. The van der Waals surface area contributed by atoms with Crippen molar-refractivity contribution < 1.29 is 13.2 Å². The van der Waals surface area contributed by atoms with E-state index in [1.54, 1.807) is 24.3 Å². The number of rotatable bonds is 4. The first-order chi connectivity index (χ1) is 11.2. The highest BCUT2D eigenvalue weighted by Crippen LogP contribution is 2.20. The van der Waals surface area contributed by atoms with E-state index in [1.165, 1.54) is 6.26 Å². The van der Waals surface area contributed by atoms with Gasteiger partial charge in [-0.3, -0.25) is 0 Å². The van der Waals surface area contributed by atoms with Crippen LogP contribution in [0.4, 0.5) is 0 Å². The fourth-order valence-electron chi connectivity index (χ4n) is 1.93. The van der Waals surface area contributed by atoms with Crippen molar-refractivity contribution in [3.8, 4) is 17.6 Å². The second-order valence-corrected chi connectivity index (χ2v) is 8.50. The van der Waals surface area contributed by atoms with Crippen LogP contribution in [0.2, 0.25) is 0 Å². The molecule has 2 rings (SSSR count). The molecule has 2 aromatic rings. The van der Waals surface area contributed by atoms with Gasteiger partial charge < -0.3 is 4.74 Å². The van der Waals surface area contributed by atoms with Crippen molar-refractivity contribution in [1.29, 1.82) is 0 Å². The fraction of sp³-hybridized carbons (Fsp3) is 0.263. The van der Waals surface area contributed by atoms with E-state index in [0.29, 0.717) is 12.5 Å². The van der Waals surface area contributed by atoms with Crippen molar-refractivity contribution >= 4 is 22.5 Å². The molecular weight excluding hydrogens is 340 g/mol. The van der Waals surface area contributed by atoms with Gasteiger partial charge in [-0.05, 0) is 48.4 Å². The first kappa shape index (κ1) is 18.4. The molecule has 5 heteroatoms. The summed E-state index contributed by atoms with van der Waals surface area (Å²) in [5, 5.41) is 0. The zero-order valence-corrected chi connectivity index (χ0v) is 15.6. The molecule has 0 aromatic heterocycles. The van der Waals surface area contributed by atoms with Gasteiger partial charge in [0.1, 0.15) is 5.75 Å². The minimum absolute atomic E-state index is 0.287. The van der Waals surface area contributed by atoms with Crippen molar-refractivity contribution in [1.82, 2.24) is 0 Å². The predicted octanol–water partition coefficient (Wildman–Crippen LogP) is 3.81. The van der Waals surface area contributed by atoms with Crippen LogP contribution in [0.25, 0.3) is 0 Å². The smallest absolute Gasteiger partial charge is 0.175 e. The molecule has 0 aliphatic rings. The van der Waals surface area contributed by atoms with Gasteiger partial charge in [0, 0.05) is 22.3 Å². The van der Waals surface area contributed by atoms with Crippen molar-refractivity contribution in [3.05, 3.63) is 53.6 Å². The molecule has 0 amide bonds. The van der Waals surface area contributed by atoms with Gasteiger partial charge in [0.15, 0.2) is 9.84 Å². The number of sulfone groups is 1. The van der Waals surface area contributed by atoms with Gasteiger partial charge in [0.05, 0.1) is 11.5 Å². The van der Waals surface area contributed by atoms with Crippen molar-refractivity contribution in [3.63, 3.8) is 0 Å². The normalized spacial score (nSPS) is 11.0. The summed E-state index contributed by atoms with van der Waals surface area (Å²) in [5.41, 5.74) is 1.55. The molecule has 0 atom stereocenters. The molecule has 0 heterocycles. The van der Waals surface area contributed by atoms with Crippen LogP contribution in [0.3, 0.4) is 0 Å². The maximum Gasteiger partial charge on any atom is 0.175 e. The molecule has 0 N–H and O–H groups in total. The van der Waals surface area contributed by atoms with Crippen LogP contribution in [0.1, 0.15) is 25.0 Å². The summed E-state index contributed by atoms with van der Waals surface area (Å²) in [7, 11) is -3.19. The Hall–Kier alpha value is -1.90. The van der Waals surface area contributed by atoms with E-state index in [9.17, 15) is 8.42 Å². The minimum atomic E-state index is -3.19. The average molecular weight is 361 g/mol. The van der Waals surface area contributed by atoms with Crippen LogP contribution < -0.4 is 4.74 Å². The SMILES string of the molecule is CC(C)COc1cc(S)cc(C#Cc2ccc(S(C)(=O)=O)cc2)c1. The van der Waals surface area contributed by atoms with E-state index in [1.807, 2.05) is 18.2 Å². The lowest BCUT2D eigenvalue weighted by Gasteiger charge is -2.09. The summed E-state index contributed by atoms with van der Waals surface area (Å²) in [5.74, 6) is 7.27. The molecule has 0 spiro atoms. The Labute approximate surface area is 149 Å². The van der Waals surface area contributed by atoms with E-state index in [-0.39, 0.29) is 4.90 Å². The number of hydrogen-bond acceptors (Lipinski definition) is 4. The van der Waals surface area contributed by atoms with Gasteiger partial charge in [-0.2, -0.15) is 0 Å². The Morgan fingerprint density at radius 1 is 1.04 bits per heavy atom. The Kier molecular flexibility index (Phi) is 5.98. The summed E-state index contributed by atoms with van der Waals surface area (Å²) < 4.78 is 28.6. The predicted molar refractivity (Wildman–Crippen MR) is 99.6 cm³/mol. The second kappa shape index (κ2) is 7.78. The maximum absolute atomic E-state index is 11.4. The molecule has 0 saturated carbocycles. The Morgan fingerprint density at radius 3 is 2.25 bits per heavy atom. The lowest BCUT2D eigenvalue weighted by molar-refractivity contribution is 0.270. The highest BCUT2D eigenvalue weighted by molar-refractivity contribution is 7.90. The molecule has 0 fully saturated rings. The van der Waals surface area contributed by atoms with Crippen molar-refractivity contribution in [2.24, 2.45) is 5.92 Å². The summed E-state index contributed by atoms with van der Waals surface area (Å²) in [6.07, 6.45) is 1.19. The van der Waals surface area contributed by atoms with Crippen LogP contribution in [-0.2, 0) is 9.84 Å². The third-order valence-corrected chi connectivity index (χ3v) is 4.49. The molecule has 0 saturated heterocycles. The minimum Gasteiger partial charge on any atom is -0.493 e. The highest BCUT2D eigenvalue weighted by atomic mass is 32.2. The van der Waals surface area contributed by atoms with E-state index < -0.39 is 9.84 Å². The summed E-state index contributed by atoms with van der Waals surface area (Å²) >= 11 is 4.38. The first-order valence-electron chi connectivity index (χ1n) is 7.53. The lowest BCUT2D eigenvalue weighted by Crippen LogP contribution is -2.04. The van der Waals surface area contributed by atoms with Gasteiger partial charge in [-0.1, -0.05) is 25.7 Å². The van der Waals surface area contributed by atoms with Crippen molar-refractivity contribution in [2.75, 3.05) is 12.9 Å². The molecular formula is C19H20O3S2. The summed E-state index contributed by atoms with van der Waals surface area (Å²) in [6, 6.07) is 12.1. The molecule has 126 valence electrons. The highest BCUT2D eigenvalue weighted by Gasteiger charge is 2.05. The zero-order valence-electron chi connectivity index (χ0n) is 13.9. The third kappa shape index (κ3) is 5.63. The van der Waals surface area contributed by atoms with E-state index in [0.717, 1.165) is 21.8 Å². The molecule has 0 aliphatic carbocycles. The fourth-order valence-corrected chi connectivity index (χ4v) is 2.83. The average Bonchev–Trinajstić information content (AvgIpc) is 2.50. The Morgan fingerprint density at radius 2 is 1.67 bits per heavy atom. The Balaban J connectivity index is 2.21. The van der Waals surface area contributed by atoms with E-state index in [4.69, 9.17) is 4.74 Å². The number of thiol groups is 1. The third-order valence-electron chi connectivity index (χ3n) is 3.11. The second-order valence-electron chi connectivity index (χ2n) is 5.97. The molecule has 0 aliphatic heterocycles. The van der Waals surface area contributed by atoms with Crippen LogP contribution >= 0.6 is 12.6 Å². The van der Waals surface area contributed by atoms with Crippen molar-refractivity contribution in [2.45, 2.75) is 23.6 Å². The summed E-state index contributed by atoms with van der Waals surface area (Å²) in [4.78, 5) is 1.07. The largest absolute Gasteiger partial charge is 0.493 e. The Bertz CT molecular complexity index is 871. The van der Waals surface area contributed by atoms with Gasteiger partial charge in [-0.25, -0.2) is 8.42 Å². The van der Waals surface area contributed by atoms with Gasteiger partial charge in [-0.15, -0.1) is 12.6 Å². The van der Waals surface area contributed by atoms with Crippen LogP contribution in [0.15, 0.2) is 52.3 Å². The van der Waals surface area contributed by atoms with E-state index >= 15 is 0 Å². The van der Waals surface area contributed by atoms with Gasteiger partial charge in [0.2, 0.25) is 0 Å². The van der Waals surface area contributed by atoms with Crippen LogP contribution in [0, 0.1) is 17.8 Å².